The molecule has 3 rings (SSSR count). The van der Waals surface area contributed by atoms with Crippen molar-refractivity contribution < 1.29 is 4.39 Å². The second-order valence-corrected chi connectivity index (χ2v) is 5.68. The maximum atomic E-state index is 14.0. The molecule has 0 spiro atoms. The van der Waals surface area contributed by atoms with Crippen molar-refractivity contribution in [1.29, 1.82) is 0 Å². The molecule has 0 bridgehead atoms. The largest absolute Gasteiger partial charge is 0.396 e. The van der Waals surface area contributed by atoms with Crippen LogP contribution in [0, 0.1) is 5.82 Å². The Morgan fingerprint density at radius 3 is 2.50 bits per heavy atom. The van der Waals surface area contributed by atoms with Crippen molar-refractivity contribution in [2.75, 3.05) is 49.6 Å². The number of anilines is 3. The smallest absolute Gasteiger partial charge is 0.125 e. The number of benzene rings is 1. The van der Waals surface area contributed by atoms with Crippen LogP contribution in [0.2, 0.25) is 0 Å². The van der Waals surface area contributed by atoms with E-state index < -0.39 is 0 Å². The zero-order valence-corrected chi connectivity index (χ0v) is 12.6. The summed E-state index contributed by atoms with van der Waals surface area (Å²) in [5.74, 6) is -0.284. The molecule has 1 aromatic carbocycles. The SMILES string of the molecule is CN1CCN(c2cc(F)cc(-c3cncc(N)c3N)c2)CC1. The molecule has 22 heavy (non-hydrogen) atoms. The van der Waals surface area contributed by atoms with E-state index in [1.165, 1.54) is 12.3 Å². The fraction of sp³-hybridized carbons (Fsp3) is 0.312. The van der Waals surface area contributed by atoms with Crippen molar-refractivity contribution >= 4 is 17.1 Å². The summed E-state index contributed by atoms with van der Waals surface area (Å²) in [6.07, 6.45) is 3.12. The van der Waals surface area contributed by atoms with E-state index in [9.17, 15) is 4.39 Å². The molecular weight excluding hydrogens is 281 g/mol. The van der Waals surface area contributed by atoms with Crippen LogP contribution in [-0.4, -0.2) is 43.1 Å². The van der Waals surface area contributed by atoms with E-state index in [4.69, 9.17) is 11.5 Å². The molecule has 1 saturated heterocycles. The summed E-state index contributed by atoms with van der Waals surface area (Å²) in [5, 5.41) is 0. The lowest BCUT2D eigenvalue weighted by Gasteiger charge is -2.34. The Kier molecular flexibility index (Phi) is 3.85. The third-order valence-corrected chi connectivity index (χ3v) is 4.08. The van der Waals surface area contributed by atoms with E-state index in [1.807, 2.05) is 6.07 Å². The summed E-state index contributed by atoms with van der Waals surface area (Å²) in [4.78, 5) is 8.50. The Labute approximate surface area is 129 Å². The lowest BCUT2D eigenvalue weighted by Crippen LogP contribution is -2.44. The minimum Gasteiger partial charge on any atom is -0.396 e. The number of hydrogen-bond donors (Lipinski definition) is 2. The van der Waals surface area contributed by atoms with Crippen LogP contribution in [0.3, 0.4) is 0 Å². The van der Waals surface area contributed by atoms with Crippen molar-refractivity contribution in [1.82, 2.24) is 9.88 Å². The molecule has 1 aromatic heterocycles. The first kappa shape index (κ1) is 14.6. The van der Waals surface area contributed by atoms with E-state index in [0.29, 0.717) is 22.5 Å². The minimum absolute atomic E-state index is 0.284. The lowest BCUT2D eigenvalue weighted by atomic mass is 10.0. The molecule has 0 aliphatic carbocycles. The topological polar surface area (TPSA) is 71.4 Å². The van der Waals surface area contributed by atoms with Gasteiger partial charge in [0.25, 0.3) is 0 Å². The van der Waals surface area contributed by atoms with Crippen LogP contribution in [0.25, 0.3) is 11.1 Å². The van der Waals surface area contributed by atoms with Crippen LogP contribution < -0.4 is 16.4 Å². The van der Waals surface area contributed by atoms with Crippen LogP contribution >= 0.6 is 0 Å². The molecule has 0 atom stereocenters. The summed E-state index contributed by atoms with van der Waals surface area (Å²) in [6.45, 7) is 3.69. The Balaban J connectivity index is 1.98. The highest BCUT2D eigenvalue weighted by atomic mass is 19.1. The van der Waals surface area contributed by atoms with Crippen molar-refractivity contribution in [2.24, 2.45) is 0 Å². The second kappa shape index (κ2) is 5.81. The van der Waals surface area contributed by atoms with Gasteiger partial charge in [-0.2, -0.15) is 0 Å². The van der Waals surface area contributed by atoms with E-state index in [-0.39, 0.29) is 5.82 Å². The molecule has 4 N–H and O–H groups in total. The average Bonchev–Trinajstić information content (AvgIpc) is 2.50. The summed E-state index contributed by atoms with van der Waals surface area (Å²) in [5.41, 5.74) is 14.9. The van der Waals surface area contributed by atoms with Gasteiger partial charge in [0.1, 0.15) is 5.82 Å². The van der Waals surface area contributed by atoms with Gasteiger partial charge in [-0.15, -0.1) is 0 Å². The van der Waals surface area contributed by atoms with Crippen molar-refractivity contribution in [3.05, 3.63) is 36.4 Å². The van der Waals surface area contributed by atoms with E-state index in [0.717, 1.165) is 31.9 Å². The number of aromatic nitrogens is 1. The third kappa shape index (κ3) is 2.82. The fourth-order valence-electron chi connectivity index (χ4n) is 2.69. The van der Waals surface area contributed by atoms with Gasteiger partial charge in [-0.25, -0.2) is 4.39 Å². The lowest BCUT2D eigenvalue weighted by molar-refractivity contribution is 0.313. The van der Waals surface area contributed by atoms with Crippen LogP contribution in [0.5, 0.6) is 0 Å². The van der Waals surface area contributed by atoms with Crippen molar-refractivity contribution in [2.45, 2.75) is 0 Å². The zero-order valence-electron chi connectivity index (χ0n) is 12.6. The Morgan fingerprint density at radius 2 is 1.77 bits per heavy atom. The maximum absolute atomic E-state index is 14.0. The predicted molar refractivity (Wildman–Crippen MR) is 88.2 cm³/mol. The van der Waals surface area contributed by atoms with Gasteiger partial charge in [0, 0.05) is 43.6 Å². The highest BCUT2D eigenvalue weighted by Crippen LogP contribution is 2.32. The number of rotatable bonds is 2. The molecule has 116 valence electrons. The summed E-state index contributed by atoms with van der Waals surface area (Å²) in [7, 11) is 2.09. The van der Waals surface area contributed by atoms with Gasteiger partial charge in [0.2, 0.25) is 0 Å². The number of likely N-dealkylation sites (N-methyl/N-ethyl adjacent to an activating group) is 1. The van der Waals surface area contributed by atoms with Crippen molar-refractivity contribution in [3.63, 3.8) is 0 Å². The van der Waals surface area contributed by atoms with Gasteiger partial charge >= 0.3 is 0 Å². The number of hydrogen-bond acceptors (Lipinski definition) is 5. The van der Waals surface area contributed by atoms with Crippen LogP contribution in [0.15, 0.2) is 30.6 Å². The molecule has 0 unspecified atom stereocenters. The van der Waals surface area contributed by atoms with Gasteiger partial charge < -0.3 is 21.3 Å². The van der Waals surface area contributed by atoms with Gasteiger partial charge in [0.15, 0.2) is 0 Å². The highest BCUT2D eigenvalue weighted by molar-refractivity contribution is 5.84. The molecule has 0 saturated carbocycles. The maximum Gasteiger partial charge on any atom is 0.125 e. The molecular formula is C16H20FN5. The first-order valence-corrected chi connectivity index (χ1v) is 7.28. The zero-order chi connectivity index (χ0) is 15.7. The van der Waals surface area contributed by atoms with E-state index in [2.05, 4.69) is 21.8 Å². The molecule has 2 heterocycles. The average molecular weight is 301 g/mol. The van der Waals surface area contributed by atoms with E-state index in [1.54, 1.807) is 12.3 Å². The standard InChI is InChI=1S/C16H20FN5/c1-21-2-4-22(5-3-21)13-7-11(6-12(17)8-13)14-9-20-10-15(18)16(14)19/h6-10H,2-5,18H2,1H3,(H2,19,20). The second-order valence-electron chi connectivity index (χ2n) is 5.68. The minimum atomic E-state index is -0.284. The molecule has 2 aromatic rings. The van der Waals surface area contributed by atoms with Crippen LogP contribution in [0.1, 0.15) is 0 Å². The number of nitrogens with zero attached hydrogens (tertiary/aromatic N) is 3. The quantitative estimate of drug-likeness (QED) is 0.885. The van der Waals surface area contributed by atoms with Crippen LogP contribution in [-0.2, 0) is 0 Å². The summed E-state index contributed by atoms with van der Waals surface area (Å²) in [6, 6.07) is 4.97. The van der Waals surface area contributed by atoms with Crippen molar-refractivity contribution in [3.8, 4) is 11.1 Å². The normalized spacial score (nSPS) is 16.0. The molecule has 6 heteroatoms. The summed E-state index contributed by atoms with van der Waals surface area (Å²) < 4.78 is 14.0. The molecule has 0 amide bonds. The number of halogens is 1. The number of nitrogen functional groups attached to an aromatic ring is 2. The Bertz CT molecular complexity index is 680. The first-order chi connectivity index (χ1) is 10.5. The predicted octanol–water partition coefficient (Wildman–Crippen LogP) is 1.80. The molecule has 0 radical (unpaired) electrons. The third-order valence-electron chi connectivity index (χ3n) is 4.08. The number of pyridine rings is 1. The van der Waals surface area contributed by atoms with Gasteiger partial charge in [-0.1, -0.05) is 0 Å². The Hall–Kier alpha value is -2.34. The van der Waals surface area contributed by atoms with Gasteiger partial charge in [0.05, 0.1) is 17.6 Å². The number of nitrogens with two attached hydrogens (primary N) is 2. The fourth-order valence-corrected chi connectivity index (χ4v) is 2.69. The first-order valence-electron chi connectivity index (χ1n) is 7.28. The van der Waals surface area contributed by atoms with E-state index >= 15 is 0 Å². The monoisotopic (exact) mass is 301 g/mol. The molecule has 1 aliphatic heterocycles. The van der Waals surface area contributed by atoms with Crippen LogP contribution in [0.4, 0.5) is 21.5 Å². The van der Waals surface area contributed by atoms with Gasteiger partial charge in [-0.05, 0) is 30.8 Å². The van der Waals surface area contributed by atoms with Gasteiger partial charge in [-0.3, -0.25) is 4.98 Å². The Morgan fingerprint density at radius 1 is 1.05 bits per heavy atom. The molecule has 1 fully saturated rings. The number of piperazine rings is 1. The summed E-state index contributed by atoms with van der Waals surface area (Å²) >= 11 is 0. The highest BCUT2D eigenvalue weighted by Gasteiger charge is 2.16. The molecule has 5 nitrogen and oxygen atoms in total. The molecule has 1 aliphatic rings.